The van der Waals surface area contributed by atoms with Gasteiger partial charge >= 0.3 is 0 Å². The summed E-state index contributed by atoms with van der Waals surface area (Å²) >= 11 is 2.51. The van der Waals surface area contributed by atoms with Gasteiger partial charge < -0.3 is 9.73 Å². The van der Waals surface area contributed by atoms with Crippen LogP contribution in [0.1, 0.15) is 33.4 Å². The van der Waals surface area contributed by atoms with Crippen molar-refractivity contribution in [3.8, 4) is 11.5 Å². The molecule has 0 unspecified atom stereocenters. The quantitative estimate of drug-likeness (QED) is 0.463. The lowest BCUT2D eigenvalue weighted by Crippen LogP contribution is -2.15. The number of rotatable bonds is 8. The lowest BCUT2D eigenvalue weighted by atomic mass is 9.93. The molecule has 2 aromatic heterocycles. The Hall–Kier alpha value is -2.44. The smallest absolute Gasteiger partial charge is 0.277 e. The summed E-state index contributed by atoms with van der Waals surface area (Å²) in [5.41, 5.74) is 1.94. The van der Waals surface area contributed by atoms with Crippen molar-refractivity contribution >= 4 is 49.8 Å². The highest BCUT2D eigenvalue weighted by molar-refractivity contribution is 7.99. The summed E-state index contributed by atoms with van der Waals surface area (Å²) in [7, 11) is -3.34. The van der Waals surface area contributed by atoms with E-state index in [0.717, 1.165) is 17.5 Å². The molecular formula is C19H23N5O4S3. The topological polar surface area (TPSA) is 127 Å². The molecule has 12 heteroatoms. The van der Waals surface area contributed by atoms with Crippen LogP contribution in [0.25, 0.3) is 11.5 Å². The van der Waals surface area contributed by atoms with E-state index in [4.69, 9.17) is 4.42 Å². The Morgan fingerprint density at radius 1 is 1.19 bits per heavy atom. The average molecular weight is 482 g/mol. The Balaban J connectivity index is 1.55. The zero-order chi connectivity index (χ0) is 22.6. The second kappa shape index (κ2) is 9.37. The van der Waals surface area contributed by atoms with Gasteiger partial charge in [0.1, 0.15) is 0 Å². The minimum Gasteiger partial charge on any atom is -0.411 e. The molecule has 0 aliphatic rings. The highest BCUT2D eigenvalue weighted by Gasteiger charge is 2.18. The lowest BCUT2D eigenvalue weighted by Gasteiger charge is -2.14. The van der Waals surface area contributed by atoms with E-state index in [2.05, 4.69) is 46.0 Å². The van der Waals surface area contributed by atoms with E-state index in [9.17, 15) is 13.2 Å². The predicted molar refractivity (Wildman–Crippen MR) is 123 cm³/mol. The molecule has 166 valence electrons. The summed E-state index contributed by atoms with van der Waals surface area (Å²) in [5, 5.41) is 13.5. The second-order valence-corrected chi connectivity index (χ2v) is 11.4. The van der Waals surface area contributed by atoms with Gasteiger partial charge in [0.25, 0.3) is 5.22 Å². The zero-order valence-electron chi connectivity index (χ0n) is 17.5. The molecule has 0 spiro atoms. The first kappa shape index (κ1) is 23.2. The highest BCUT2D eigenvalue weighted by atomic mass is 32.2. The molecule has 31 heavy (non-hydrogen) atoms. The summed E-state index contributed by atoms with van der Waals surface area (Å²) in [6, 6.07) is 6.59. The molecular weight excluding hydrogens is 458 g/mol. The maximum atomic E-state index is 12.2. The number of aromatic nitrogens is 3. The van der Waals surface area contributed by atoms with Crippen LogP contribution in [0, 0.1) is 0 Å². The minimum atomic E-state index is -3.34. The first-order valence-corrected chi connectivity index (χ1v) is 12.9. The molecule has 1 aromatic carbocycles. The van der Waals surface area contributed by atoms with Crippen LogP contribution in [0.4, 0.5) is 10.8 Å². The van der Waals surface area contributed by atoms with Crippen LogP contribution in [-0.4, -0.2) is 41.0 Å². The lowest BCUT2D eigenvalue weighted by molar-refractivity contribution is -0.113. The van der Waals surface area contributed by atoms with Gasteiger partial charge in [-0.3, -0.25) is 9.52 Å². The van der Waals surface area contributed by atoms with Crippen molar-refractivity contribution in [3.63, 3.8) is 0 Å². The number of amides is 1. The molecule has 0 saturated carbocycles. The fourth-order valence-corrected chi connectivity index (χ4v) is 4.43. The van der Waals surface area contributed by atoms with E-state index in [-0.39, 0.29) is 33.9 Å². The summed E-state index contributed by atoms with van der Waals surface area (Å²) < 4.78 is 31.3. The van der Waals surface area contributed by atoms with Crippen molar-refractivity contribution < 1.29 is 17.6 Å². The van der Waals surface area contributed by atoms with Crippen LogP contribution in [0.15, 0.2) is 39.3 Å². The van der Waals surface area contributed by atoms with Gasteiger partial charge in [0, 0.05) is 22.0 Å². The van der Waals surface area contributed by atoms with Gasteiger partial charge in [-0.2, -0.15) is 0 Å². The maximum Gasteiger partial charge on any atom is 0.277 e. The van der Waals surface area contributed by atoms with Gasteiger partial charge in [-0.1, -0.05) is 32.5 Å². The Labute approximate surface area is 189 Å². The fourth-order valence-electron chi connectivity index (χ4n) is 2.28. The Bertz CT molecular complexity index is 1150. The van der Waals surface area contributed by atoms with Gasteiger partial charge in [-0.25, -0.2) is 13.4 Å². The van der Waals surface area contributed by atoms with Crippen molar-refractivity contribution in [1.29, 1.82) is 0 Å². The molecule has 0 aliphatic heterocycles. The molecule has 3 aromatic rings. The molecule has 0 aliphatic carbocycles. The summed E-state index contributed by atoms with van der Waals surface area (Å²) in [6.45, 7) is 7.75. The zero-order valence-corrected chi connectivity index (χ0v) is 19.9. The van der Waals surface area contributed by atoms with Crippen molar-refractivity contribution in [2.45, 2.75) is 38.3 Å². The number of benzene rings is 1. The number of thioether (sulfide) groups is 1. The normalized spacial score (nSPS) is 12.0. The van der Waals surface area contributed by atoms with Crippen LogP contribution in [0.3, 0.4) is 0 Å². The number of hydrogen-bond donors (Lipinski definition) is 2. The third-order valence-corrected chi connectivity index (χ3v) is 6.92. The standard InChI is InChI=1S/C19H23N5O4S3/c1-5-31(26,27)24-13-8-6-12(7-9-13)16-22-23-18(28-16)30-11-15(25)21-17-20-14(10-29-17)19(2,3)4/h6-10,24H,5,11H2,1-4H3,(H,20,21,25). The molecule has 0 fully saturated rings. The van der Waals surface area contributed by atoms with Crippen LogP contribution in [-0.2, 0) is 20.2 Å². The van der Waals surface area contributed by atoms with E-state index >= 15 is 0 Å². The number of anilines is 2. The van der Waals surface area contributed by atoms with E-state index in [0.29, 0.717) is 16.4 Å². The first-order valence-electron chi connectivity index (χ1n) is 9.39. The molecule has 0 saturated heterocycles. The average Bonchev–Trinajstić information content (AvgIpc) is 3.36. The van der Waals surface area contributed by atoms with Crippen molar-refractivity contribution in [3.05, 3.63) is 35.3 Å². The van der Waals surface area contributed by atoms with Gasteiger partial charge in [-0.15, -0.1) is 21.5 Å². The highest BCUT2D eigenvalue weighted by Crippen LogP contribution is 2.27. The van der Waals surface area contributed by atoms with E-state index in [1.807, 2.05) is 5.38 Å². The fraction of sp³-hybridized carbons (Fsp3) is 0.368. The van der Waals surface area contributed by atoms with Gasteiger partial charge in [0.15, 0.2) is 5.13 Å². The first-order chi connectivity index (χ1) is 14.6. The predicted octanol–water partition coefficient (Wildman–Crippen LogP) is 3.98. The van der Waals surface area contributed by atoms with E-state index in [1.54, 1.807) is 31.2 Å². The Morgan fingerprint density at radius 3 is 2.52 bits per heavy atom. The Morgan fingerprint density at radius 2 is 1.90 bits per heavy atom. The van der Waals surface area contributed by atoms with Crippen LogP contribution in [0.2, 0.25) is 0 Å². The number of carbonyl (C=O) groups is 1. The van der Waals surface area contributed by atoms with Crippen molar-refractivity contribution in [1.82, 2.24) is 15.2 Å². The molecule has 1 amide bonds. The molecule has 2 heterocycles. The van der Waals surface area contributed by atoms with Crippen molar-refractivity contribution in [2.24, 2.45) is 0 Å². The molecule has 9 nitrogen and oxygen atoms in total. The number of carbonyl (C=O) groups excluding carboxylic acids is 1. The molecule has 3 rings (SSSR count). The van der Waals surface area contributed by atoms with Gasteiger partial charge in [0.2, 0.25) is 21.8 Å². The summed E-state index contributed by atoms with van der Waals surface area (Å²) in [6.07, 6.45) is 0. The largest absolute Gasteiger partial charge is 0.411 e. The van der Waals surface area contributed by atoms with Crippen LogP contribution in [0.5, 0.6) is 0 Å². The molecule has 0 radical (unpaired) electrons. The Kier molecular flexibility index (Phi) is 7.02. The molecule has 0 atom stereocenters. The number of nitrogens with zero attached hydrogens (tertiary/aromatic N) is 3. The van der Waals surface area contributed by atoms with Gasteiger partial charge in [-0.05, 0) is 31.2 Å². The molecule has 2 N–H and O–H groups in total. The third kappa shape index (κ3) is 6.52. The van der Waals surface area contributed by atoms with E-state index < -0.39 is 10.0 Å². The van der Waals surface area contributed by atoms with E-state index in [1.165, 1.54) is 11.3 Å². The molecule has 0 bridgehead atoms. The van der Waals surface area contributed by atoms with Crippen LogP contribution >= 0.6 is 23.1 Å². The number of nitrogens with one attached hydrogen (secondary N) is 2. The monoisotopic (exact) mass is 481 g/mol. The van der Waals surface area contributed by atoms with Gasteiger partial charge in [0.05, 0.1) is 17.2 Å². The minimum absolute atomic E-state index is 0.00707. The number of hydrogen-bond acceptors (Lipinski definition) is 9. The van der Waals surface area contributed by atoms with Crippen molar-refractivity contribution in [2.75, 3.05) is 21.5 Å². The number of sulfonamides is 1. The SMILES string of the molecule is CCS(=O)(=O)Nc1ccc(-c2nnc(SCC(=O)Nc3nc(C(C)(C)C)cs3)o2)cc1. The third-order valence-electron chi connectivity index (χ3n) is 4.04. The number of thiazole rings is 1. The second-order valence-electron chi connectivity index (χ2n) is 7.58. The summed E-state index contributed by atoms with van der Waals surface area (Å²) in [5.74, 6) is 0.158. The van der Waals surface area contributed by atoms with Crippen LogP contribution < -0.4 is 10.0 Å². The summed E-state index contributed by atoms with van der Waals surface area (Å²) in [4.78, 5) is 16.6. The maximum absolute atomic E-state index is 12.2.